The summed E-state index contributed by atoms with van der Waals surface area (Å²) in [5, 5.41) is 2.49. The Morgan fingerprint density at radius 1 is 1.58 bits per heavy atom. The fourth-order valence-electron chi connectivity index (χ4n) is 0.572. The standard InChI is InChI=1S/C9H14N2O/c1-5-8(9(12)10-4)11-6-7(2)3/h5-6H,2H2,1,3-4H3,(H,10,12). The Bertz CT molecular complexity index is 239. The minimum atomic E-state index is -0.185. The molecule has 3 nitrogen and oxygen atoms in total. The Kier molecular flexibility index (Phi) is 4.69. The molecule has 0 saturated heterocycles. The second kappa shape index (κ2) is 5.29. The molecule has 0 bridgehead atoms. The largest absolute Gasteiger partial charge is 0.354 e. The van der Waals surface area contributed by atoms with Crippen molar-refractivity contribution in [1.29, 1.82) is 0 Å². The number of carbonyl (C=O) groups excluding carboxylic acids is 1. The normalized spacial score (nSPS) is 11.8. The summed E-state index contributed by atoms with van der Waals surface area (Å²) in [7, 11) is 1.57. The van der Waals surface area contributed by atoms with Crippen molar-refractivity contribution in [3.05, 3.63) is 23.9 Å². The van der Waals surface area contributed by atoms with Gasteiger partial charge in [-0.3, -0.25) is 9.79 Å². The molecule has 1 amide bonds. The number of carbonyl (C=O) groups is 1. The van der Waals surface area contributed by atoms with Crippen molar-refractivity contribution in [3.63, 3.8) is 0 Å². The van der Waals surface area contributed by atoms with Crippen LogP contribution in [0.5, 0.6) is 0 Å². The Morgan fingerprint density at radius 3 is 2.50 bits per heavy atom. The summed E-state index contributed by atoms with van der Waals surface area (Å²) >= 11 is 0. The van der Waals surface area contributed by atoms with E-state index >= 15 is 0 Å². The lowest BCUT2D eigenvalue weighted by Gasteiger charge is -1.97. The van der Waals surface area contributed by atoms with Crippen molar-refractivity contribution in [1.82, 2.24) is 5.32 Å². The highest BCUT2D eigenvalue weighted by Crippen LogP contribution is 1.96. The summed E-state index contributed by atoms with van der Waals surface area (Å²) in [4.78, 5) is 15.0. The maximum Gasteiger partial charge on any atom is 0.269 e. The van der Waals surface area contributed by atoms with E-state index in [-0.39, 0.29) is 5.91 Å². The number of nitrogens with zero attached hydrogens (tertiary/aromatic N) is 1. The van der Waals surface area contributed by atoms with Crippen molar-refractivity contribution in [2.75, 3.05) is 7.05 Å². The van der Waals surface area contributed by atoms with E-state index < -0.39 is 0 Å². The van der Waals surface area contributed by atoms with Crippen molar-refractivity contribution in [2.45, 2.75) is 13.8 Å². The molecule has 0 aliphatic heterocycles. The first-order valence-electron chi connectivity index (χ1n) is 3.69. The third kappa shape index (κ3) is 3.71. The number of allylic oxidation sites excluding steroid dienone is 2. The second-order valence-electron chi connectivity index (χ2n) is 2.36. The van der Waals surface area contributed by atoms with Crippen LogP contribution in [-0.4, -0.2) is 19.2 Å². The minimum absolute atomic E-state index is 0.185. The lowest BCUT2D eigenvalue weighted by Crippen LogP contribution is -2.19. The SMILES string of the molecule is C=C(C)C=NC(=CC)C(=O)NC. The highest BCUT2D eigenvalue weighted by Gasteiger charge is 2.01. The van der Waals surface area contributed by atoms with Crippen molar-refractivity contribution in [2.24, 2.45) is 4.99 Å². The Balaban J connectivity index is 4.40. The van der Waals surface area contributed by atoms with Gasteiger partial charge < -0.3 is 5.32 Å². The molecule has 0 rings (SSSR count). The minimum Gasteiger partial charge on any atom is -0.354 e. The Labute approximate surface area is 72.9 Å². The number of hydrogen-bond acceptors (Lipinski definition) is 2. The summed E-state index contributed by atoms with van der Waals surface area (Å²) in [6.07, 6.45) is 3.21. The molecule has 0 aromatic rings. The smallest absolute Gasteiger partial charge is 0.269 e. The summed E-state index contributed by atoms with van der Waals surface area (Å²) < 4.78 is 0. The molecule has 0 aromatic heterocycles. The average Bonchev–Trinajstić information content (AvgIpc) is 2.04. The van der Waals surface area contributed by atoms with Crippen LogP contribution in [0.3, 0.4) is 0 Å². The maximum absolute atomic E-state index is 11.0. The number of nitrogens with one attached hydrogen (secondary N) is 1. The van der Waals surface area contributed by atoms with E-state index in [2.05, 4.69) is 16.9 Å². The first-order valence-corrected chi connectivity index (χ1v) is 3.69. The van der Waals surface area contributed by atoms with E-state index in [4.69, 9.17) is 0 Å². The zero-order chi connectivity index (χ0) is 9.56. The predicted molar refractivity (Wildman–Crippen MR) is 51.1 cm³/mol. The van der Waals surface area contributed by atoms with Gasteiger partial charge in [0.05, 0.1) is 0 Å². The molecule has 0 radical (unpaired) electrons. The molecule has 0 aliphatic rings. The van der Waals surface area contributed by atoms with E-state index in [1.807, 2.05) is 6.92 Å². The van der Waals surface area contributed by atoms with Crippen LogP contribution < -0.4 is 5.32 Å². The van der Waals surface area contributed by atoms with Gasteiger partial charge in [0.1, 0.15) is 5.70 Å². The van der Waals surface area contributed by atoms with Gasteiger partial charge in [-0.25, -0.2) is 0 Å². The number of hydrogen-bond donors (Lipinski definition) is 1. The van der Waals surface area contributed by atoms with Gasteiger partial charge in [-0.15, -0.1) is 0 Å². The molecule has 0 unspecified atom stereocenters. The molecule has 12 heavy (non-hydrogen) atoms. The summed E-state index contributed by atoms with van der Waals surface area (Å²) in [5.41, 5.74) is 1.22. The summed E-state index contributed by atoms with van der Waals surface area (Å²) in [6.45, 7) is 7.22. The molecule has 0 saturated carbocycles. The molecule has 0 heterocycles. The van der Waals surface area contributed by atoms with E-state index in [0.29, 0.717) is 5.70 Å². The van der Waals surface area contributed by atoms with Gasteiger partial charge in [0.25, 0.3) is 5.91 Å². The average molecular weight is 166 g/mol. The molecule has 0 spiro atoms. The number of rotatable bonds is 3. The summed E-state index contributed by atoms with van der Waals surface area (Å²) in [5.74, 6) is -0.185. The van der Waals surface area contributed by atoms with E-state index in [0.717, 1.165) is 5.57 Å². The van der Waals surface area contributed by atoms with Gasteiger partial charge in [-0.05, 0) is 19.4 Å². The molecule has 0 aromatic carbocycles. The third-order valence-corrected chi connectivity index (χ3v) is 1.16. The Morgan fingerprint density at radius 2 is 2.17 bits per heavy atom. The molecular formula is C9H14N2O. The number of aliphatic imine (C=N–C) groups is 1. The van der Waals surface area contributed by atoms with Crippen LogP contribution >= 0.6 is 0 Å². The second-order valence-corrected chi connectivity index (χ2v) is 2.36. The monoisotopic (exact) mass is 166 g/mol. The van der Waals surface area contributed by atoms with Gasteiger partial charge in [0, 0.05) is 13.3 Å². The first kappa shape index (κ1) is 10.6. The molecule has 3 heteroatoms. The van der Waals surface area contributed by atoms with Crippen molar-refractivity contribution >= 4 is 12.1 Å². The fourth-order valence-corrected chi connectivity index (χ4v) is 0.572. The maximum atomic E-state index is 11.0. The molecule has 0 fully saturated rings. The van der Waals surface area contributed by atoms with Crippen LogP contribution in [0.25, 0.3) is 0 Å². The van der Waals surface area contributed by atoms with Crippen LogP contribution in [0.1, 0.15) is 13.8 Å². The highest BCUT2D eigenvalue weighted by atomic mass is 16.1. The number of amides is 1. The Hall–Kier alpha value is -1.38. The molecular weight excluding hydrogens is 152 g/mol. The van der Waals surface area contributed by atoms with Gasteiger partial charge in [0.2, 0.25) is 0 Å². The topological polar surface area (TPSA) is 41.5 Å². The fraction of sp³-hybridized carbons (Fsp3) is 0.333. The first-order chi connectivity index (χ1) is 5.61. The molecule has 0 aliphatic carbocycles. The van der Waals surface area contributed by atoms with Gasteiger partial charge in [-0.2, -0.15) is 0 Å². The van der Waals surface area contributed by atoms with Crippen LogP contribution in [-0.2, 0) is 4.79 Å². The summed E-state index contributed by atoms with van der Waals surface area (Å²) in [6, 6.07) is 0. The van der Waals surface area contributed by atoms with Crippen LogP contribution in [0.2, 0.25) is 0 Å². The lowest BCUT2D eigenvalue weighted by atomic mass is 10.3. The van der Waals surface area contributed by atoms with Crippen LogP contribution in [0.15, 0.2) is 28.9 Å². The van der Waals surface area contributed by atoms with Gasteiger partial charge in [0.15, 0.2) is 0 Å². The highest BCUT2D eigenvalue weighted by molar-refractivity contribution is 5.95. The molecule has 66 valence electrons. The van der Waals surface area contributed by atoms with Crippen LogP contribution in [0.4, 0.5) is 0 Å². The van der Waals surface area contributed by atoms with E-state index in [9.17, 15) is 4.79 Å². The predicted octanol–water partition coefficient (Wildman–Crippen LogP) is 1.28. The molecule has 1 N–H and O–H groups in total. The quantitative estimate of drug-likeness (QED) is 0.498. The van der Waals surface area contributed by atoms with Crippen molar-refractivity contribution < 1.29 is 4.79 Å². The van der Waals surface area contributed by atoms with E-state index in [1.54, 1.807) is 26.3 Å². The zero-order valence-corrected chi connectivity index (χ0v) is 7.72. The zero-order valence-electron chi connectivity index (χ0n) is 7.72. The molecule has 0 atom stereocenters. The van der Waals surface area contributed by atoms with Gasteiger partial charge >= 0.3 is 0 Å². The van der Waals surface area contributed by atoms with Crippen LogP contribution in [0, 0.1) is 0 Å². The number of likely N-dealkylation sites (N-methyl/N-ethyl adjacent to an activating group) is 1. The third-order valence-electron chi connectivity index (χ3n) is 1.16. The van der Waals surface area contributed by atoms with E-state index in [1.165, 1.54) is 0 Å². The van der Waals surface area contributed by atoms with Crippen molar-refractivity contribution in [3.8, 4) is 0 Å². The lowest BCUT2D eigenvalue weighted by molar-refractivity contribution is -0.117. The van der Waals surface area contributed by atoms with Gasteiger partial charge in [-0.1, -0.05) is 12.7 Å².